The van der Waals surface area contributed by atoms with Gasteiger partial charge in [0.1, 0.15) is 0 Å². The van der Waals surface area contributed by atoms with E-state index in [1.54, 1.807) is 16.7 Å². The zero-order chi connectivity index (χ0) is 13.2. The molecule has 0 aliphatic rings. The molecule has 3 rings (SSSR count). The van der Waals surface area contributed by atoms with Crippen LogP contribution < -0.4 is 0 Å². The van der Waals surface area contributed by atoms with Crippen LogP contribution >= 0.6 is 15.9 Å². The summed E-state index contributed by atoms with van der Waals surface area (Å²) in [7, 11) is 0. The Morgan fingerprint density at radius 2 is 1.84 bits per heavy atom. The van der Waals surface area contributed by atoms with Crippen molar-refractivity contribution in [3.05, 3.63) is 64.5 Å². The second-order valence-corrected chi connectivity index (χ2v) is 4.85. The molecule has 19 heavy (non-hydrogen) atoms. The van der Waals surface area contributed by atoms with Crippen LogP contribution in [0.2, 0.25) is 0 Å². The molecule has 2 aromatic heterocycles. The maximum Gasteiger partial charge on any atom is 0.217 e. The number of benzene rings is 1. The molecule has 0 saturated carbocycles. The Kier molecular flexibility index (Phi) is 3.00. The summed E-state index contributed by atoms with van der Waals surface area (Å²) < 4.78 is 2.70. The number of halogens is 1. The molecule has 0 spiro atoms. The van der Waals surface area contributed by atoms with Crippen molar-refractivity contribution in [2.75, 3.05) is 0 Å². The van der Waals surface area contributed by atoms with E-state index >= 15 is 0 Å². The highest BCUT2D eigenvalue weighted by molar-refractivity contribution is 9.10. The van der Waals surface area contributed by atoms with Gasteiger partial charge in [0, 0.05) is 22.4 Å². The monoisotopic (exact) mass is 316 g/mol. The smallest absolute Gasteiger partial charge is 0.217 e. The Labute approximate surface area is 117 Å². The summed E-state index contributed by atoms with van der Waals surface area (Å²) in [6.45, 7) is 0. The molecule has 94 valence electrons. The summed E-state index contributed by atoms with van der Waals surface area (Å²) >= 11 is 3.34. The number of carbonyl (C=O) groups is 1. The number of nitrogens with one attached hydrogen (secondary N) is 1. The van der Waals surface area contributed by atoms with Crippen LogP contribution in [-0.4, -0.2) is 25.8 Å². The fourth-order valence-corrected chi connectivity index (χ4v) is 2.04. The number of aromatic amines is 1. The fraction of sp³-hybridized carbons (Fsp3) is 0. The molecule has 0 atom stereocenters. The summed E-state index contributed by atoms with van der Waals surface area (Å²) in [5, 5.41) is 10.3. The van der Waals surface area contributed by atoms with E-state index in [0.717, 1.165) is 4.47 Å². The van der Waals surface area contributed by atoms with Crippen LogP contribution in [0.15, 0.2) is 53.3 Å². The van der Waals surface area contributed by atoms with Crippen molar-refractivity contribution in [1.29, 1.82) is 0 Å². The first-order valence-corrected chi connectivity index (χ1v) is 6.39. The van der Waals surface area contributed by atoms with Gasteiger partial charge in [0.25, 0.3) is 0 Å². The van der Waals surface area contributed by atoms with Crippen LogP contribution in [0.1, 0.15) is 16.1 Å². The SMILES string of the molecule is O=C(c1ccc(Br)cc1)c1nn[nH]c1-n1cccc1. The summed E-state index contributed by atoms with van der Waals surface area (Å²) in [6.07, 6.45) is 3.65. The van der Waals surface area contributed by atoms with Gasteiger partial charge in [-0.15, -0.1) is 5.10 Å². The van der Waals surface area contributed by atoms with Gasteiger partial charge < -0.3 is 4.57 Å². The number of carbonyl (C=O) groups excluding carboxylic acids is 1. The van der Waals surface area contributed by atoms with Crippen molar-refractivity contribution >= 4 is 21.7 Å². The number of hydrogen-bond acceptors (Lipinski definition) is 3. The lowest BCUT2D eigenvalue weighted by atomic mass is 10.1. The zero-order valence-corrected chi connectivity index (χ0v) is 11.3. The van der Waals surface area contributed by atoms with Crippen LogP contribution in [0.3, 0.4) is 0 Å². The molecule has 0 radical (unpaired) electrons. The van der Waals surface area contributed by atoms with E-state index in [4.69, 9.17) is 0 Å². The van der Waals surface area contributed by atoms with E-state index in [1.165, 1.54) is 0 Å². The summed E-state index contributed by atoms with van der Waals surface area (Å²) in [6, 6.07) is 10.9. The second-order valence-electron chi connectivity index (χ2n) is 3.94. The van der Waals surface area contributed by atoms with Gasteiger partial charge in [-0.2, -0.15) is 0 Å². The molecule has 1 N–H and O–H groups in total. The van der Waals surface area contributed by atoms with Gasteiger partial charge in [0.2, 0.25) is 5.78 Å². The van der Waals surface area contributed by atoms with Gasteiger partial charge >= 0.3 is 0 Å². The zero-order valence-electron chi connectivity index (χ0n) is 9.75. The molecule has 0 bridgehead atoms. The van der Waals surface area contributed by atoms with Crippen LogP contribution in [0.5, 0.6) is 0 Å². The lowest BCUT2D eigenvalue weighted by Gasteiger charge is -2.02. The van der Waals surface area contributed by atoms with E-state index in [0.29, 0.717) is 17.1 Å². The quantitative estimate of drug-likeness (QED) is 0.755. The molecule has 0 aliphatic carbocycles. The Morgan fingerprint density at radius 3 is 2.53 bits per heavy atom. The topological polar surface area (TPSA) is 63.6 Å². The van der Waals surface area contributed by atoms with Gasteiger partial charge in [-0.1, -0.05) is 21.1 Å². The summed E-state index contributed by atoms with van der Waals surface area (Å²) in [5.41, 5.74) is 0.879. The average molecular weight is 317 g/mol. The molecule has 2 heterocycles. The van der Waals surface area contributed by atoms with Gasteiger partial charge in [-0.3, -0.25) is 4.79 Å². The predicted octanol–water partition coefficient (Wildman–Crippen LogP) is 2.59. The lowest BCUT2D eigenvalue weighted by Crippen LogP contribution is -2.06. The van der Waals surface area contributed by atoms with Crippen LogP contribution in [-0.2, 0) is 0 Å². The standard InChI is InChI=1S/C13H9BrN4O/c14-10-5-3-9(4-6-10)12(19)11-13(16-17-15-11)18-7-1-2-8-18/h1-8H,(H,15,16,17). The third-order valence-corrected chi connectivity index (χ3v) is 3.24. The van der Waals surface area contributed by atoms with Crippen LogP contribution in [0, 0.1) is 0 Å². The summed E-state index contributed by atoms with van der Waals surface area (Å²) in [5.74, 6) is 0.405. The van der Waals surface area contributed by atoms with Crippen molar-refractivity contribution in [3.8, 4) is 5.82 Å². The number of H-pyrrole nitrogens is 1. The Bertz CT molecular complexity index is 701. The van der Waals surface area contributed by atoms with Crippen LogP contribution in [0.25, 0.3) is 5.82 Å². The minimum Gasteiger partial charge on any atom is -0.307 e. The van der Waals surface area contributed by atoms with E-state index in [9.17, 15) is 4.79 Å². The normalized spacial score (nSPS) is 10.6. The van der Waals surface area contributed by atoms with Crippen molar-refractivity contribution in [1.82, 2.24) is 20.0 Å². The molecule has 6 heteroatoms. The van der Waals surface area contributed by atoms with Crippen molar-refractivity contribution in [3.63, 3.8) is 0 Å². The number of hydrogen-bond donors (Lipinski definition) is 1. The molecule has 5 nitrogen and oxygen atoms in total. The number of rotatable bonds is 3. The largest absolute Gasteiger partial charge is 0.307 e. The Balaban J connectivity index is 2.01. The second kappa shape index (κ2) is 4.81. The highest BCUT2D eigenvalue weighted by Crippen LogP contribution is 2.16. The third kappa shape index (κ3) is 2.22. The predicted molar refractivity (Wildman–Crippen MR) is 73.3 cm³/mol. The molecule has 0 aliphatic heterocycles. The molecule has 0 amide bonds. The van der Waals surface area contributed by atoms with Gasteiger partial charge in [0.05, 0.1) is 0 Å². The van der Waals surface area contributed by atoms with E-state index in [1.807, 2.05) is 36.7 Å². The Hall–Kier alpha value is -2.21. The molecular formula is C13H9BrN4O. The molecular weight excluding hydrogens is 308 g/mol. The summed E-state index contributed by atoms with van der Waals surface area (Å²) in [4.78, 5) is 12.4. The lowest BCUT2D eigenvalue weighted by molar-refractivity contribution is 0.103. The van der Waals surface area contributed by atoms with Crippen molar-refractivity contribution in [2.45, 2.75) is 0 Å². The minimum absolute atomic E-state index is 0.162. The first-order valence-electron chi connectivity index (χ1n) is 5.60. The maximum atomic E-state index is 12.4. The van der Waals surface area contributed by atoms with E-state index in [2.05, 4.69) is 31.3 Å². The highest BCUT2D eigenvalue weighted by Gasteiger charge is 2.18. The molecule has 0 unspecified atom stereocenters. The van der Waals surface area contributed by atoms with Gasteiger partial charge in [-0.25, -0.2) is 5.10 Å². The first kappa shape index (κ1) is 11.9. The number of nitrogens with zero attached hydrogens (tertiary/aromatic N) is 3. The highest BCUT2D eigenvalue weighted by atomic mass is 79.9. The van der Waals surface area contributed by atoms with Crippen molar-refractivity contribution < 1.29 is 4.79 Å². The Morgan fingerprint density at radius 1 is 1.16 bits per heavy atom. The molecule has 1 aromatic carbocycles. The number of ketones is 1. The van der Waals surface area contributed by atoms with E-state index < -0.39 is 0 Å². The number of aromatic nitrogens is 4. The van der Waals surface area contributed by atoms with E-state index in [-0.39, 0.29) is 5.78 Å². The molecule has 0 fully saturated rings. The van der Waals surface area contributed by atoms with Crippen molar-refractivity contribution in [2.24, 2.45) is 0 Å². The maximum absolute atomic E-state index is 12.4. The van der Waals surface area contributed by atoms with Gasteiger partial charge in [0.15, 0.2) is 11.5 Å². The third-order valence-electron chi connectivity index (χ3n) is 2.71. The fourth-order valence-electron chi connectivity index (χ4n) is 1.78. The first-order chi connectivity index (χ1) is 9.25. The minimum atomic E-state index is -0.162. The van der Waals surface area contributed by atoms with Gasteiger partial charge in [-0.05, 0) is 36.4 Å². The van der Waals surface area contributed by atoms with Crippen LogP contribution in [0.4, 0.5) is 0 Å². The molecule has 3 aromatic rings. The average Bonchev–Trinajstić information content (AvgIpc) is 3.09. The molecule has 0 saturated heterocycles.